The number of nitrogens with zero attached hydrogens (tertiary/aromatic N) is 3. The predicted molar refractivity (Wildman–Crippen MR) is 99.9 cm³/mol. The van der Waals surface area contributed by atoms with E-state index in [9.17, 15) is 18.0 Å². The van der Waals surface area contributed by atoms with Crippen molar-refractivity contribution in [3.05, 3.63) is 16.6 Å². The standard InChI is InChI=1S/C16H23N3O3S.C2HF3O2/c20-16(19-2-4-21-5-3-19)8-13-7-12-9-18(10-14(12)22-13)11-15-17-1-6-23-15;3-2(4,5)1(6)7/h1,6,12-14H,2-5,7-11H2;(H,6,7)/t12-,13-,14+;/m0./s1. The molecule has 1 aromatic heterocycles. The van der Waals surface area contributed by atoms with Gasteiger partial charge in [-0.05, 0) is 6.42 Å². The molecule has 30 heavy (non-hydrogen) atoms. The quantitative estimate of drug-likeness (QED) is 0.744. The number of carboxylic acid groups (broad SMARTS) is 1. The second-order valence-electron chi connectivity index (χ2n) is 7.41. The van der Waals surface area contributed by atoms with Gasteiger partial charge in [-0.3, -0.25) is 9.69 Å². The molecule has 1 aromatic rings. The van der Waals surface area contributed by atoms with Crippen LogP contribution in [0.4, 0.5) is 13.2 Å². The topological polar surface area (TPSA) is 92.2 Å². The molecule has 3 aliphatic rings. The molecule has 0 saturated carbocycles. The number of rotatable bonds is 4. The summed E-state index contributed by atoms with van der Waals surface area (Å²) in [7, 11) is 0. The number of likely N-dealkylation sites (tertiary alicyclic amines) is 1. The molecule has 0 bridgehead atoms. The number of fused-ring (bicyclic) bond motifs is 1. The first-order valence-electron chi connectivity index (χ1n) is 9.64. The lowest BCUT2D eigenvalue weighted by Crippen LogP contribution is -2.42. The van der Waals surface area contributed by atoms with Gasteiger partial charge in [-0.25, -0.2) is 9.78 Å². The summed E-state index contributed by atoms with van der Waals surface area (Å²) in [5, 5.41) is 10.3. The van der Waals surface area contributed by atoms with Crippen LogP contribution in [0.2, 0.25) is 0 Å². The van der Waals surface area contributed by atoms with Crippen LogP contribution in [0, 0.1) is 5.92 Å². The van der Waals surface area contributed by atoms with Crippen molar-refractivity contribution in [2.75, 3.05) is 39.4 Å². The Hall–Kier alpha value is -1.76. The zero-order valence-electron chi connectivity index (χ0n) is 16.2. The van der Waals surface area contributed by atoms with Crippen LogP contribution in [0.3, 0.4) is 0 Å². The third kappa shape index (κ3) is 6.37. The summed E-state index contributed by atoms with van der Waals surface area (Å²) in [4.78, 5) is 29.9. The molecule has 3 fully saturated rings. The smallest absolute Gasteiger partial charge is 0.475 e. The highest BCUT2D eigenvalue weighted by molar-refractivity contribution is 7.09. The second-order valence-corrected chi connectivity index (χ2v) is 8.39. The molecular weight excluding hydrogens is 427 g/mol. The monoisotopic (exact) mass is 451 g/mol. The molecule has 4 heterocycles. The summed E-state index contributed by atoms with van der Waals surface area (Å²) in [6.07, 6.45) is -1.30. The van der Waals surface area contributed by atoms with E-state index in [1.54, 1.807) is 11.3 Å². The number of thiazole rings is 1. The molecular formula is C18H24F3N3O5S. The van der Waals surface area contributed by atoms with Crippen LogP contribution in [0.1, 0.15) is 17.8 Å². The fourth-order valence-corrected chi connectivity index (χ4v) is 4.53. The molecule has 0 aliphatic carbocycles. The van der Waals surface area contributed by atoms with Crippen LogP contribution in [0.15, 0.2) is 11.6 Å². The van der Waals surface area contributed by atoms with Crippen LogP contribution in [0.25, 0.3) is 0 Å². The van der Waals surface area contributed by atoms with Crippen molar-refractivity contribution in [3.8, 4) is 0 Å². The minimum atomic E-state index is -5.08. The maximum absolute atomic E-state index is 12.3. The molecule has 3 aliphatic heterocycles. The van der Waals surface area contributed by atoms with Gasteiger partial charge in [-0.1, -0.05) is 0 Å². The van der Waals surface area contributed by atoms with Crippen molar-refractivity contribution in [3.63, 3.8) is 0 Å². The normalized spacial score (nSPS) is 26.8. The Kier molecular flexibility index (Phi) is 7.66. The highest BCUT2D eigenvalue weighted by Gasteiger charge is 2.42. The Bertz CT molecular complexity index is 698. The van der Waals surface area contributed by atoms with E-state index in [0.717, 1.165) is 39.1 Å². The van der Waals surface area contributed by atoms with E-state index >= 15 is 0 Å². The Morgan fingerprint density at radius 2 is 1.97 bits per heavy atom. The van der Waals surface area contributed by atoms with Crippen LogP contribution in [-0.2, 0) is 25.6 Å². The molecule has 0 unspecified atom stereocenters. The van der Waals surface area contributed by atoms with Gasteiger partial charge in [0.05, 0.1) is 38.4 Å². The molecule has 0 spiro atoms. The molecule has 3 saturated heterocycles. The molecule has 0 radical (unpaired) electrons. The van der Waals surface area contributed by atoms with E-state index in [-0.39, 0.29) is 18.1 Å². The SMILES string of the molecule is O=C(C[C@@H]1C[C@H]2CN(Cc3nccs3)C[C@H]2O1)N1CCOCC1.O=C(O)C(F)(F)F. The Morgan fingerprint density at radius 1 is 1.27 bits per heavy atom. The van der Waals surface area contributed by atoms with Crippen LogP contribution >= 0.6 is 11.3 Å². The number of hydrogen-bond donors (Lipinski definition) is 1. The van der Waals surface area contributed by atoms with Gasteiger partial charge >= 0.3 is 12.1 Å². The number of carbonyl (C=O) groups is 2. The van der Waals surface area contributed by atoms with E-state index in [2.05, 4.69) is 9.88 Å². The first-order chi connectivity index (χ1) is 14.2. The summed E-state index contributed by atoms with van der Waals surface area (Å²) in [6, 6.07) is 0. The van der Waals surface area contributed by atoms with Crippen LogP contribution in [-0.4, -0.2) is 89.5 Å². The van der Waals surface area contributed by atoms with Gasteiger partial charge in [0.25, 0.3) is 0 Å². The Labute approximate surface area is 175 Å². The first-order valence-corrected chi connectivity index (χ1v) is 10.5. The fourth-order valence-electron chi connectivity index (χ4n) is 3.87. The molecule has 12 heteroatoms. The van der Waals surface area contributed by atoms with Crippen LogP contribution < -0.4 is 0 Å². The van der Waals surface area contributed by atoms with E-state index in [1.807, 2.05) is 16.5 Å². The maximum atomic E-state index is 12.3. The predicted octanol–water partition coefficient (Wildman–Crippen LogP) is 1.61. The van der Waals surface area contributed by atoms with E-state index < -0.39 is 12.1 Å². The third-order valence-electron chi connectivity index (χ3n) is 5.24. The molecule has 8 nitrogen and oxygen atoms in total. The number of alkyl halides is 3. The molecule has 1 N–H and O–H groups in total. The number of halogens is 3. The molecule has 3 atom stereocenters. The Balaban J connectivity index is 0.000000318. The maximum Gasteiger partial charge on any atom is 0.490 e. The number of hydrogen-bond acceptors (Lipinski definition) is 7. The fraction of sp³-hybridized carbons (Fsp3) is 0.722. The lowest BCUT2D eigenvalue weighted by atomic mass is 10.0. The number of aliphatic carboxylic acids is 1. The van der Waals surface area contributed by atoms with Gasteiger partial charge in [0, 0.05) is 43.7 Å². The minimum absolute atomic E-state index is 0.0994. The second kappa shape index (κ2) is 10.0. The van der Waals surface area contributed by atoms with Crippen molar-refractivity contribution in [1.29, 1.82) is 0 Å². The highest BCUT2D eigenvalue weighted by Crippen LogP contribution is 2.35. The summed E-state index contributed by atoms with van der Waals surface area (Å²) in [5.74, 6) is -1.97. The van der Waals surface area contributed by atoms with Gasteiger partial charge in [-0.2, -0.15) is 13.2 Å². The lowest BCUT2D eigenvalue weighted by molar-refractivity contribution is -0.192. The highest BCUT2D eigenvalue weighted by atomic mass is 32.1. The number of ether oxygens (including phenoxy) is 2. The average Bonchev–Trinajstić information content (AvgIpc) is 3.39. The summed E-state index contributed by atoms with van der Waals surface area (Å²) >= 11 is 1.71. The van der Waals surface area contributed by atoms with E-state index in [0.29, 0.717) is 25.6 Å². The van der Waals surface area contributed by atoms with Crippen molar-refractivity contribution < 1.29 is 37.3 Å². The van der Waals surface area contributed by atoms with Gasteiger partial charge in [-0.15, -0.1) is 11.3 Å². The zero-order valence-corrected chi connectivity index (χ0v) is 17.0. The molecule has 4 rings (SSSR count). The van der Waals surface area contributed by atoms with Gasteiger partial charge < -0.3 is 19.5 Å². The number of carbonyl (C=O) groups excluding carboxylic acids is 1. The third-order valence-corrected chi connectivity index (χ3v) is 6.00. The van der Waals surface area contributed by atoms with Crippen molar-refractivity contribution in [2.45, 2.75) is 37.8 Å². The first kappa shape index (κ1) is 22.9. The summed E-state index contributed by atoms with van der Waals surface area (Å²) < 4.78 is 43.2. The van der Waals surface area contributed by atoms with Gasteiger partial charge in [0.2, 0.25) is 5.91 Å². The Morgan fingerprint density at radius 3 is 2.53 bits per heavy atom. The minimum Gasteiger partial charge on any atom is -0.475 e. The van der Waals surface area contributed by atoms with Crippen molar-refractivity contribution in [1.82, 2.24) is 14.8 Å². The van der Waals surface area contributed by atoms with Crippen molar-refractivity contribution >= 4 is 23.2 Å². The lowest BCUT2D eigenvalue weighted by Gasteiger charge is -2.28. The molecule has 1 amide bonds. The summed E-state index contributed by atoms with van der Waals surface area (Å²) in [6.45, 7) is 5.72. The molecule has 168 valence electrons. The van der Waals surface area contributed by atoms with E-state index in [4.69, 9.17) is 19.4 Å². The zero-order chi connectivity index (χ0) is 21.7. The number of carboxylic acids is 1. The average molecular weight is 451 g/mol. The summed E-state index contributed by atoms with van der Waals surface area (Å²) in [5.41, 5.74) is 0. The number of amides is 1. The van der Waals surface area contributed by atoms with Gasteiger partial charge in [0.1, 0.15) is 5.01 Å². The number of morpholine rings is 1. The largest absolute Gasteiger partial charge is 0.490 e. The van der Waals surface area contributed by atoms with Gasteiger partial charge in [0.15, 0.2) is 0 Å². The van der Waals surface area contributed by atoms with E-state index in [1.165, 1.54) is 5.01 Å². The van der Waals surface area contributed by atoms with Crippen molar-refractivity contribution in [2.24, 2.45) is 5.92 Å². The number of aromatic nitrogens is 1. The molecule has 0 aromatic carbocycles. The van der Waals surface area contributed by atoms with Crippen LogP contribution in [0.5, 0.6) is 0 Å².